The molecule has 17 nitrogen and oxygen atoms in total. The highest BCUT2D eigenvalue weighted by molar-refractivity contribution is 7.79. The maximum absolute atomic E-state index is 15.4. The molecule has 18 heteroatoms. The molecule has 6 aliphatic rings. The van der Waals surface area contributed by atoms with E-state index in [-0.39, 0.29) is 24.3 Å². The first kappa shape index (κ1) is 49.0. The molecule has 8 N–H and O–H groups in total. The number of phenolic OH excluding ortho intramolecular Hbond substituents is 1. The average Bonchev–Trinajstić information content (AvgIpc) is 3.98. The van der Waals surface area contributed by atoms with Crippen molar-refractivity contribution >= 4 is 38.9 Å². The number of aromatic nitrogens is 1. The highest BCUT2D eigenvalue weighted by Gasteiger charge is 2.78. The number of carbonyl (C=O) groups excluding carboxylic acids is 2. The summed E-state index contributed by atoms with van der Waals surface area (Å²) in [5.41, 5.74) is -0.619. The lowest BCUT2D eigenvalue weighted by molar-refractivity contribution is -0.203. The van der Waals surface area contributed by atoms with Crippen LogP contribution in [0.1, 0.15) is 73.9 Å². The number of amides is 1. The van der Waals surface area contributed by atoms with Crippen LogP contribution in [0.25, 0.3) is 10.9 Å². The monoisotopic (exact) mass is 971 g/mol. The fourth-order valence-electron chi connectivity index (χ4n) is 14.2. The first-order valence-electron chi connectivity index (χ1n) is 23.9. The Morgan fingerprint density at radius 1 is 0.957 bits per heavy atom. The number of H-pyrrole nitrogens is 1. The minimum Gasteiger partial charge on any atom is -0.508 e. The predicted octanol–water partition coefficient (Wildman–Crippen LogP) is 3.66. The van der Waals surface area contributed by atoms with Gasteiger partial charge in [0, 0.05) is 90.6 Å². The summed E-state index contributed by atoms with van der Waals surface area (Å²) in [6.07, 6.45) is 6.25. The molecule has 3 fully saturated rings. The van der Waals surface area contributed by atoms with Crippen molar-refractivity contribution < 1.29 is 57.0 Å². The van der Waals surface area contributed by atoms with Crippen LogP contribution in [-0.2, 0) is 48.4 Å². The van der Waals surface area contributed by atoms with Crippen molar-refractivity contribution in [3.8, 4) is 11.5 Å². The fourth-order valence-corrected chi connectivity index (χ4v) is 14.2. The van der Waals surface area contributed by atoms with Crippen molar-refractivity contribution in [2.24, 2.45) is 11.3 Å². The fraction of sp³-hybridized carbons (Fsp3) is 0.529. The molecular formula is C51H65N5O12S. The number of rotatable bonds is 9. The second kappa shape index (κ2) is 17.7. The molecule has 1 unspecified atom stereocenters. The van der Waals surface area contributed by atoms with Gasteiger partial charge in [0.1, 0.15) is 23.0 Å². The Morgan fingerprint density at radius 3 is 2.36 bits per heavy atom. The number of anilines is 1. The smallest absolute Gasteiger partial charge is 0.394 e. The van der Waals surface area contributed by atoms with Crippen molar-refractivity contribution in [3.05, 3.63) is 101 Å². The number of aromatic hydroxyl groups is 1. The number of likely N-dealkylation sites (N-methyl/N-ethyl adjacent to an activating group) is 1. The lowest BCUT2D eigenvalue weighted by atomic mass is 9.47. The number of nitrogens with one attached hydrogen (secondary N) is 2. The zero-order valence-electron chi connectivity index (χ0n) is 39.8. The lowest BCUT2D eigenvalue weighted by Crippen LogP contribution is -2.81. The molecule has 1 aromatic heterocycles. The summed E-state index contributed by atoms with van der Waals surface area (Å²) in [5.74, 6) is -0.552. The normalized spacial score (nSPS) is 33.4. The molecule has 2 saturated heterocycles. The largest absolute Gasteiger partial charge is 0.508 e. The third kappa shape index (κ3) is 7.64. The van der Waals surface area contributed by atoms with Crippen molar-refractivity contribution in [3.63, 3.8) is 0 Å². The van der Waals surface area contributed by atoms with Gasteiger partial charge in [-0.15, -0.1) is 0 Å². The van der Waals surface area contributed by atoms with Crippen LogP contribution in [0.4, 0.5) is 5.69 Å². The molecule has 5 aliphatic heterocycles. The highest BCUT2D eigenvalue weighted by Crippen LogP contribution is 2.67. The lowest BCUT2D eigenvalue weighted by Gasteiger charge is -2.63. The summed E-state index contributed by atoms with van der Waals surface area (Å²) in [5, 5.41) is 52.3. The number of aliphatic hydroxyl groups is 3. The van der Waals surface area contributed by atoms with E-state index in [9.17, 15) is 25.2 Å². The molecule has 1 spiro atoms. The van der Waals surface area contributed by atoms with Gasteiger partial charge in [0.25, 0.3) is 5.91 Å². The van der Waals surface area contributed by atoms with Crippen LogP contribution < -0.4 is 15.0 Å². The number of para-hydroxylation sites is 1. The van der Waals surface area contributed by atoms with Crippen LogP contribution in [0.3, 0.4) is 0 Å². The number of ether oxygens (including phenoxy) is 2. The van der Waals surface area contributed by atoms with Crippen LogP contribution in [0.5, 0.6) is 11.5 Å². The number of hydrogen-bond donors (Lipinski definition) is 8. The van der Waals surface area contributed by atoms with Gasteiger partial charge in [-0.3, -0.25) is 28.5 Å². The Kier molecular flexibility index (Phi) is 12.5. The third-order valence-electron chi connectivity index (χ3n) is 16.8. The van der Waals surface area contributed by atoms with Gasteiger partial charge in [-0.25, -0.2) is 0 Å². The van der Waals surface area contributed by atoms with Crippen LogP contribution in [0, 0.1) is 11.3 Å². The number of fused-ring (bicyclic) bond motifs is 6. The zero-order valence-corrected chi connectivity index (χ0v) is 40.6. The van der Waals surface area contributed by atoms with Gasteiger partial charge in [0.2, 0.25) is 0 Å². The van der Waals surface area contributed by atoms with E-state index in [1.54, 1.807) is 31.4 Å². The average molecular weight is 972 g/mol. The Hall–Kier alpha value is -5.05. The Balaban J connectivity index is 0.00000113. The number of methoxy groups -OCH3 is 2. The maximum Gasteiger partial charge on any atom is 0.394 e. The minimum absolute atomic E-state index is 0.0971. The van der Waals surface area contributed by atoms with Gasteiger partial charge < -0.3 is 45.1 Å². The molecular weight excluding hydrogens is 907 g/mol. The SMILES string of the molecule is CC[C@]1(O)C[C@H]2CN(CCc3c([nH]c4ccccc34)[C@@](C(=O)OC)(c3cc4c(cc3OC)N(C)[C@H]3[C@@](O)(C(=O)NCCc5ccc(O)cc5)[C@H](O)[C@]5(CC)C=CCN6CC[C@]43[C@@H]65)C2)C1.O=S(=O)(O)O. The summed E-state index contributed by atoms with van der Waals surface area (Å²) in [4.78, 5) is 40.9. The van der Waals surface area contributed by atoms with Gasteiger partial charge in [-0.05, 0) is 98.4 Å². The second-order valence-electron chi connectivity index (χ2n) is 20.2. The summed E-state index contributed by atoms with van der Waals surface area (Å²) >= 11 is 0. The number of hydrogen-bond acceptors (Lipinski definition) is 13. The summed E-state index contributed by atoms with van der Waals surface area (Å²) in [6, 6.07) is 17.9. The molecule has 69 heavy (non-hydrogen) atoms. The second-order valence-corrected chi connectivity index (χ2v) is 21.1. The molecule has 1 saturated carbocycles. The molecule has 1 aliphatic carbocycles. The van der Waals surface area contributed by atoms with Gasteiger partial charge in [-0.1, -0.05) is 56.3 Å². The topological polar surface area (TPSA) is 246 Å². The molecule has 2 bridgehead atoms. The molecule has 10 rings (SSSR count). The number of piperidine rings is 1. The predicted molar refractivity (Wildman–Crippen MR) is 258 cm³/mol. The van der Waals surface area contributed by atoms with E-state index in [0.29, 0.717) is 89.0 Å². The van der Waals surface area contributed by atoms with Gasteiger partial charge in [0.05, 0.1) is 25.9 Å². The summed E-state index contributed by atoms with van der Waals surface area (Å²) in [6.45, 7) is 7.58. The van der Waals surface area contributed by atoms with E-state index in [4.69, 9.17) is 27.0 Å². The third-order valence-corrected chi connectivity index (χ3v) is 16.8. The maximum atomic E-state index is 15.4. The Labute approximate surface area is 402 Å². The van der Waals surface area contributed by atoms with Gasteiger partial charge >= 0.3 is 16.4 Å². The molecule has 3 aromatic carbocycles. The van der Waals surface area contributed by atoms with E-state index >= 15 is 4.79 Å². The van der Waals surface area contributed by atoms with Gasteiger partial charge in [-0.2, -0.15) is 8.42 Å². The zero-order chi connectivity index (χ0) is 49.5. The quantitative estimate of drug-likeness (QED) is 0.0678. The van der Waals surface area contributed by atoms with E-state index in [1.807, 2.05) is 56.1 Å². The molecule has 1 amide bonds. The van der Waals surface area contributed by atoms with Crippen molar-refractivity contribution in [1.29, 1.82) is 0 Å². The number of phenols is 1. The van der Waals surface area contributed by atoms with Crippen LogP contribution in [0.2, 0.25) is 0 Å². The Bertz CT molecular complexity index is 2780. The number of nitrogens with zero attached hydrogens (tertiary/aromatic N) is 3. The van der Waals surface area contributed by atoms with Crippen LogP contribution in [0.15, 0.2) is 72.8 Å². The number of aliphatic hydroxyl groups excluding tert-OH is 1. The van der Waals surface area contributed by atoms with E-state index < -0.39 is 61.9 Å². The van der Waals surface area contributed by atoms with Crippen molar-refractivity contribution in [2.45, 2.75) is 99.0 Å². The molecule has 372 valence electrons. The standard InChI is InChI=1S/C51H63N5O8.H2O4S/c1-6-47(61)27-32-28-50(46(60)64-5,41-35(18-23-55(29-32)30-47)34-11-8-9-12-38(34)53-41)37-25-36-39(26-40(37)63-4)54(3)43-49(36)20-24-56-22-10-19-48(7-2,42(49)56)44(58)51(43,62)45(59)52-21-17-31-13-15-33(57)16-14-31;1-5(2,3)4/h8-16,19,25-26,32,42-44,53,57-58,61-62H,6-7,17-18,20-24,27-30H2,1-5H3,(H,52,59);(H2,1,2,3,4)/t32-,42+,43-,44-,47+,48-,49-,50+,51+;/m1./s1. The molecule has 0 radical (unpaired) electrons. The van der Waals surface area contributed by atoms with E-state index in [1.165, 1.54) is 7.11 Å². The number of benzene rings is 3. The number of carbonyl (C=O) groups is 2. The van der Waals surface area contributed by atoms with Crippen LogP contribution >= 0.6 is 0 Å². The van der Waals surface area contributed by atoms with Gasteiger partial charge in [0.15, 0.2) is 5.60 Å². The van der Waals surface area contributed by atoms with Crippen LogP contribution in [-0.4, -0.2) is 155 Å². The molecule has 10 atom stereocenters. The molecule has 4 aromatic rings. The first-order valence-corrected chi connectivity index (χ1v) is 25.3. The summed E-state index contributed by atoms with van der Waals surface area (Å²) < 4.78 is 44.0. The number of esters is 1. The van der Waals surface area contributed by atoms with Crippen molar-refractivity contribution in [1.82, 2.24) is 20.1 Å². The highest BCUT2D eigenvalue weighted by atomic mass is 32.3. The minimum atomic E-state index is -4.67. The number of aromatic amines is 1. The van der Waals surface area contributed by atoms with E-state index in [2.05, 4.69) is 38.3 Å². The molecule has 6 heterocycles. The van der Waals surface area contributed by atoms with Crippen molar-refractivity contribution in [2.75, 3.05) is 65.4 Å². The Morgan fingerprint density at radius 2 is 1.68 bits per heavy atom. The summed E-state index contributed by atoms with van der Waals surface area (Å²) in [7, 11) is 0.286. The first-order chi connectivity index (χ1) is 32.7. The van der Waals surface area contributed by atoms with E-state index in [0.717, 1.165) is 39.0 Å².